The Morgan fingerprint density at radius 2 is 1.62 bits per heavy atom. The molecule has 226 valence electrons. The van der Waals surface area contributed by atoms with Crippen LogP contribution in [0.2, 0.25) is 0 Å². The summed E-state index contributed by atoms with van der Waals surface area (Å²) in [6.45, 7) is 2.55. The average Bonchev–Trinajstić information content (AvgIpc) is 2.95. The van der Waals surface area contributed by atoms with Gasteiger partial charge in [0.15, 0.2) is 11.6 Å². The summed E-state index contributed by atoms with van der Waals surface area (Å²) in [7, 11) is -3.85. The molecule has 0 fully saturated rings. The van der Waals surface area contributed by atoms with E-state index in [2.05, 4.69) is 21.2 Å². The van der Waals surface area contributed by atoms with E-state index in [1.165, 1.54) is 6.07 Å². The summed E-state index contributed by atoms with van der Waals surface area (Å²) in [6.07, 6.45) is 2.99. The van der Waals surface area contributed by atoms with Crippen molar-refractivity contribution in [3.63, 3.8) is 0 Å². The maximum Gasteiger partial charge on any atom is 0.243 e. The van der Waals surface area contributed by atoms with Gasteiger partial charge in [-0.15, -0.1) is 0 Å². The van der Waals surface area contributed by atoms with Crippen LogP contribution >= 0.6 is 15.9 Å². The predicted molar refractivity (Wildman–Crippen MR) is 164 cm³/mol. The number of nitrogens with zero attached hydrogens (tertiary/aromatic N) is 2. The molecule has 42 heavy (non-hydrogen) atoms. The van der Waals surface area contributed by atoms with E-state index < -0.39 is 27.7 Å². The van der Waals surface area contributed by atoms with Gasteiger partial charge in [-0.1, -0.05) is 71.7 Å². The van der Waals surface area contributed by atoms with Crippen molar-refractivity contribution in [1.82, 2.24) is 10.2 Å². The molecule has 0 saturated carbocycles. The quantitative estimate of drug-likeness (QED) is 0.207. The third-order valence-electron chi connectivity index (χ3n) is 6.71. The molecular weight excluding hydrogens is 628 g/mol. The highest BCUT2D eigenvalue weighted by Crippen LogP contribution is 2.22. The van der Waals surface area contributed by atoms with Gasteiger partial charge < -0.3 is 10.2 Å². The molecular formula is C31H36BrF2N3O4S. The van der Waals surface area contributed by atoms with E-state index in [4.69, 9.17) is 0 Å². The Morgan fingerprint density at radius 3 is 2.24 bits per heavy atom. The van der Waals surface area contributed by atoms with Crippen molar-refractivity contribution in [3.8, 4) is 0 Å². The number of hydrogen-bond acceptors (Lipinski definition) is 4. The number of benzene rings is 3. The summed E-state index contributed by atoms with van der Waals surface area (Å²) < 4.78 is 54.1. The Balaban J connectivity index is 1.87. The molecule has 3 aromatic carbocycles. The highest BCUT2D eigenvalue weighted by atomic mass is 79.9. The van der Waals surface area contributed by atoms with Crippen molar-refractivity contribution < 1.29 is 26.8 Å². The Bertz CT molecular complexity index is 1440. The van der Waals surface area contributed by atoms with E-state index in [0.29, 0.717) is 13.0 Å². The number of sulfonamides is 1. The smallest absolute Gasteiger partial charge is 0.243 e. The molecule has 0 bridgehead atoms. The fourth-order valence-corrected chi connectivity index (χ4v) is 5.71. The first kappa shape index (κ1) is 33.2. The molecule has 1 N–H and O–H groups in total. The Morgan fingerprint density at radius 1 is 0.929 bits per heavy atom. The number of amides is 2. The van der Waals surface area contributed by atoms with E-state index >= 15 is 0 Å². The Labute approximate surface area is 255 Å². The SMILES string of the molecule is CCCCNC(=O)[C@H](Cc1ccccc1)N(Cc1ccc(Br)cc1)C(=O)CCCN(c1ccc(F)c(F)c1)S(C)(=O)=O. The molecule has 2 amide bonds. The van der Waals surface area contributed by atoms with E-state index in [-0.39, 0.29) is 43.4 Å². The van der Waals surface area contributed by atoms with Gasteiger partial charge in [0.25, 0.3) is 0 Å². The molecule has 3 aromatic rings. The van der Waals surface area contributed by atoms with Crippen LogP contribution in [0.1, 0.15) is 43.7 Å². The van der Waals surface area contributed by atoms with Crippen LogP contribution < -0.4 is 9.62 Å². The number of nitrogens with one attached hydrogen (secondary N) is 1. The first-order valence-corrected chi connectivity index (χ1v) is 16.4. The van der Waals surface area contributed by atoms with E-state index in [1.54, 1.807) is 4.90 Å². The van der Waals surface area contributed by atoms with Crippen molar-refractivity contribution in [2.75, 3.05) is 23.7 Å². The van der Waals surface area contributed by atoms with Gasteiger partial charge in [0, 0.05) is 43.0 Å². The lowest BCUT2D eigenvalue weighted by Gasteiger charge is -2.32. The summed E-state index contributed by atoms with van der Waals surface area (Å²) in [4.78, 5) is 28.9. The monoisotopic (exact) mass is 663 g/mol. The number of carbonyl (C=O) groups excluding carboxylic acids is 2. The van der Waals surface area contributed by atoms with Gasteiger partial charge in [-0.25, -0.2) is 17.2 Å². The second kappa shape index (κ2) is 15.8. The zero-order valence-electron chi connectivity index (χ0n) is 23.7. The molecule has 0 aliphatic heterocycles. The van der Waals surface area contributed by atoms with Crippen molar-refractivity contribution in [2.45, 2.75) is 51.6 Å². The molecule has 11 heteroatoms. The minimum absolute atomic E-state index is 0.0344. The number of halogens is 3. The second-order valence-electron chi connectivity index (χ2n) is 10.0. The zero-order valence-corrected chi connectivity index (χ0v) is 26.1. The lowest BCUT2D eigenvalue weighted by atomic mass is 10.0. The molecule has 3 rings (SSSR count). The van der Waals surface area contributed by atoms with Gasteiger partial charge in [-0.2, -0.15) is 0 Å². The fraction of sp³-hybridized carbons (Fsp3) is 0.355. The molecule has 0 aromatic heterocycles. The number of rotatable bonds is 15. The number of anilines is 1. The molecule has 0 aliphatic carbocycles. The third kappa shape index (κ3) is 9.90. The van der Waals surface area contributed by atoms with Crippen LogP contribution in [0.3, 0.4) is 0 Å². The molecule has 0 heterocycles. The Kier molecular flexibility index (Phi) is 12.5. The normalized spacial score (nSPS) is 12.0. The average molecular weight is 665 g/mol. The Hall–Kier alpha value is -3.31. The van der Waals surface area contributed by atoms with Crippen molar-refractivity contribution in [2.24, 2.45) is 0 Å². The molecule has 1 atom stereocenters. The zero-order chi connectivity index (χ0) is 30.7. The van der Waals surface area contributed by atoms with E-state index in [1.807, 2.05) is 61.5 Å². The molecule has 0 radical (unpaired) electrons. The van der Waals surface area contributed by atoms with E-state index in [9.17, 15) is 26.8 Å². The summed E-state index contributed by atoms with van der Waals surface area (Å²) >= 11 is 3.42. The predicted octanol–water partition coefficient (Wildman–Crippen LogP) is 5.83. The minimum Gasteiger partial charge on any atom is -0.354 e. The summed E-state index contributed by atoms with van der Waals surface area (Å²) in [5.74, 6) is -2.86. The number of carbonyl (C=O) groups is 2. The molecule has 0 aliphatic rings. The van der Waals surface area contributed by atoms with Crippen molar-refractivity contribution >= 4 is 43.5 Å². The third-order valence-corrected chi connectivity index (χ3v) is 8.43. The summed E-state index contributed by atoms with van der Waals surface area (Å²) in [5, 5.41) is 2.97. The first-order chi connectivity index (χ1) is 20.0. The standard InChI is InChI=1S/C31H36BrF2N3O4S/c1-3-4-18-35-31(39)29(20-23-9-6-5-7-10-23)36(22-24-12-14-25(32)15-13-24)30(38)11-8-19-37(42(2,40)41)26-16-17-27(33)28(34)21-26/h5-7,9-10,12-17,21,29H,3-4,8,11,18-20,22H2,1-2H3,(H,35,39)/t29-/m0/s1. The van der Waals surface area contributed by atoms with Crippen LogP contribution in [0, 0.1) is 11.6 Å². The van der Waals surface area contributed by atoms with Gasteiger partial charge in [-0.3, -0.25) is 13.9 Å². The summed E-state index contributed by atoms with van der Waals surface area (Å²) in [6, 6.07) is 18.9. The van der Waals surface area contributed by atoms with Crippen molar-refractivity contribution in [1.29, 1.82) is 0 Å². The van der Waals surface area contributed by atoms with Crippen LogP contribution in [0.25, 0.3) is 0 Å². The number of hydrogen-bond donors (Lipinski definition) is 1. The maximum absolute atomic E-state index is 13.9. The summed E-state index contributed by atoms with van der Waals surface area (Å²) in [5.41, 5.74) is 1.68. The number of unbranched alkanes of at least 4 members (excludes halogenated alkanes) is 1. The van der Waals surface area contributed by atoms with Gasteiger partial charge in [0.05, 0.1) is 11.9 Å². The van der Waals surface area contributed by atoms with Crippen LogP contribution in [-0.4, -0.2) is 50.5 Å². The van der Waals surface area contributed by atoms with Gasteiger partial charge in [0.2, 0.25) is 21.8 Å². The first-order valence-electron chi connectivity index (χ1n) is 13.8. The van der Waals surface area contributed by atoms with E-state index in [0.717, 1.165) is 51.1 Å². The lowest BCUT2D eigenvalue weighted by molar-refractivity contribution is -0.141. The second-order valence-corrected chi connectivity index (χ2v) is 12.9. The van der Waals surface area contributed by atoms with Gasteiger partial charge in [0.1, 0.15) is 6.04 Å². The molecule has 0 saturated heterocycles. The lowest BCUT2D eigenvalue weighted by Crippen LogP contribution is -2.50. The van der Waals surface area contributed by atoms with Crippen LogP contribution in [0.15, 0.2) is 77.3 Å². The topological polar surface area (TPSA) is 86.8 Å². The van der Waals surface area contributed by atoms with Crippen molar-refractivity contribution in [3.05, 3.63) is 100 Å². The highest BCUT2D eigenvalue weighted by Gasteiger charge is 2.30. The molecule has 0 spiro atoms. The van der Waals surface area contributed by atoms with Crippen LogP contribution in [0.4, 0.5) is 14.5 Å². The van der Waals surface area contributed by atoms with Gasteiger partial charge >= 0.3 is 0 Å². The fourth-order valence-electron chi connectivity index (χ4n) is 4.49. The largest absolute Gasteiger partial charge is 0.354 e. The maximum atomic E-state index is 13.9. The minimum atomic E-state index is -3.85. The van der Waals surface area contributed by atoms with Crippen LogP contribution in [-0.2, 0) is 32.6 Å². The van der Waals surface area contributed by atoms with Gasteiger partial charge in [-0.05, 0) is 48.2 Å². The molecule has 7 nitrogen and oxygen atoms in total. The van der Waals surface area contributed by atoms with Crippen LogP contribution in [0.5, 0.6) is 0 Å². The molecule has 0 unspecified atom stereocenters. The highest BCUT2D eigenvalue weighted by molar-refractivity contribution is 9.10.